The summed E-state index contributed by atoms with van der Waals surface area (Å²) >= 11 is 0. The molecule has 1 atom stereocenters. The number of benzene rings is 1. The quantitative estimate of drug-likeness (QED) is 0.350. The number of hydrogen-bond donors (Lipinski definition) is 2. The lowest BCUT2D eigenvalue weighted by molar-refractivity contribution is -0.122. The Balaban J connectivity index is 0.00000676. The van der Waals surface area contributed by atoms with E-state index in [-0.39, 0.29) is 48.1 Å². The van der Waals surface area contributed by atoms with Gasteiger partial charge in [-0.2, -0.15) is 0 Å². The van der Waals surface area contributed by atoms with Crippen molar-refractivity contribution in [2.24, 2.45) is 4.99 Å². The third kappa shape index (κ3) is 11.0. The molecule has 7 heteroatoms. The first kappa shape index (κ1) is 25.5. The fraction of sp³-hybridized carbons (Fsp3) is 0.600. The van der Waals surface area contributed by atoms with Crippen molar-refractivity contribution in [3.63, 3.8) is 0 Å². The topological polar surface area (TPSA) is 66.0 Å². The number of nitrogens with zero attached hydrogens (tertiary/aromatic N) is 2. The van der Waals surface area contributed by atoms with Gasteiger partial charge in [-0.15, -0.1) is 24.0 Å². The van der Waals surface area contributed by atoms with Crippen molar-refractivity contribution in [3.8, 4) is 5.75 Å². The van der Waals surface area contributed by atoms with E-state index < -0.39 is 0 Å². The Bertz CT molecular complexity index is 597. The number of carbonyl (C=O) groups excluding carboxylic acids is 1. The van der Waals surface area contributed by atoms with Crippen LogP contribution in [0.1, 0.15) is 40.2 Å². The lowest BCUT2D eigenvalue weighted by atomic mass is 10.1. The van der Waals surface area contributed by atoms with Gasteiger partial charge in [0.1, 0.15) is 11.9 Å². The summed E-state index contributed by atoms with van der Waals surface area (Å²) < 4.78 is 5.89. The molecule has 6 nitrogen and oxygen atoms in total. The Labute approximate surface area is 181 Å². The number of guanidine groups is 1. The van der Waals surface area contributed by atoms with Crippen LogP contribution in [0.15, 0.2) is 29.3 Å². The van der Waals surface area contributed by atoms with Gasteiger partial charge in [0.25, 0.3) is 0 Å². The van der Waals surface area contributed by atoms with Crippen LogP contribution in [0.3, 0.4) is 0 Å². The fourth-order valence-corrected chi connectivity index (χ4v) is 2.32. The lowest BCUT2D eigenvalue weighted by Gasteiger charge is -2.25. The number of rotatable bonds is 7. The van der Waals surface area contributed by atoms with Gasteiger partial charge >= 0.3 is 0 Å². The Morgan fingerprint density at radius 2 is 1.85 bits per heavy atom. The van der Waals surface area contributed by atoms with Gasteiger partial charge in [-0.3, -0.25) is 4.79 Å². The van der Waals surface area contributed by atoms with Crippen LogP contribution in [-0.2, 0) is 4.79 Å². The van der Waals surface area contributed by atoms with E-state index in [1.165, 1.54) is 5.56 Å². The first-order chi connectivity index (χ1) is 12.1. The van der Waals surface area contributed by atoms with Crippen molar-refractivity contribution < 1.29 is 9.53 Å². The van der Waals surface area contributed by atoms with Gasteiger partial charge in [-0.1, -0.05) is 17.7 Å². The summed E-state index contributed by atoms with van der Waals surface area (Å²) in [5.74, 6) is 1.49. The van der Waals surface area contributed by atoms with Crippen molar-refractivity contribution in [1.82, 2.24) is 15.5 Å². The van der Waals surface area contributed by atoms with Crippen LogP contribution >= 0.6 is 24.0 Å². The minimum Gasteiger partial charge on any atom is -0.489 e. The fourth-order valence-electron chi connectivity index (χ4n) is 2.32. The summed E-state index contributed by atoms with van der Waals surface area (Å²) in [6.07, 6.45) is -0.0665. The van der Waals surface area contributed by atoms with Crippen LogP contribution in [0.25, 0.3) is 0 Å². The molecule has 0 spiro atoms. The molecule has 0 saturated heterocycles. The summed E-state index contributed by atoms with van der Waals surface area (Å²) in [6.45, 7) is 13.4. The number of aliphatic imine (C=N–C) groups is 1. The summed E-state index contributed by atoms with van der Waals surface area (Å²) in [6, 6.07) is 7.97. The molecule has 0 radical (unpaired) electrons. The van der Waals surface area contributed by atoms with Gasteiger partial charge in [0.05, 0.1) is 13.1 Å². The summed E-state index contributed by atoms with van der Waals surface area (Å²) in [7, 11) is 1.86. The predicted octanol–water partition coefficient (Wildman–Crippen LogP) is 3.19. The molecule has 0 aliphatic heterocycles. The highest BCUT2D eigenvalue weighted by Gasteiger charge is 2.17. The molecule has 0 heterocycles. The second-order valence-electron chi connectivity index (χ2n) is 7.59. The zero-order valence-corrected chi connectivity index (χ0v) is 20.0. The molecule has 1 aromatic carbocycles. The van der Waals surface area contributed by atoms with Crippen molar-refractivity contribution in [2.75, 3.05) is 26.7 Å². The Morgan fingerprint density at radius 1 is 1.26 bits per heavy atom. The zero-order chi connectivity index (χ0) is 19.7. The average molecular weight is 490 g/mol. The highest BCUT2D eigenvalue weighted by molar-refractivity contribution is 14.0. The molecule has 154 valence electrons. The monoisotopic (exact) mass is 490 g/mol. The van der Waals surface area contributed by atoms with Gasteiger partial charge < -0.3 is 20.3 Å². The van der Waals surface area contributed by atoms with Gasteiger partial charge in [0.15, 0.2) is 5.96 Å². The summed E-state index contributed by atoms with van der Waals surface area (Å²) in [5, 5.41) is 6.18. The third-order valence-corrected chi connectivity index (χ3v) is 3.45. The maximum Gasteiger partial charge on any atom is 0.240 e. The van der Waals surface area contributed by atoms with E-state index in [4.69, 9.17) is 4.74 Å². The molecular formula is C20H35IN4O2. The average Bonchev–Trinajstić information content (AvgIpc) is 2.51. The van der Waals surface area contributed by atoms with E-state index in [1.54, 1.807) is 0 Å². The molecule has 1 aromatic rings. The van der Waals surface area contributed by atoms with Crippen LogP contribution in [-0.4, -0.2) is 55.1 Å². The maximum atomic E-state index is 12.1. The Hall–Kier alpha value is -1.51. The van der Waals surface area contributed by atoms with Crippen LogP contribution in [0.4, 0.5) is 0 Å². The number of nitrogens with one attached hydrogen (secondary N) is 2. The van der Waals surface area contributed by atoms with Crippen molar-refractivity contribution in [1.29, 1.82) is 0 Å². The second kappa shape index (κ2) is 12.0. The van der Waals surface area contributed by atoms with E-state index >= 15 is 0 Å². The van der Waals surface area contributed by atoms with Crippen LogP contribution in [0.2, 0.25) is 0 Å². The first-order valence-corrected chi connectivity index (χ1v) is 9.14. The molecule has 0 aliphatic rings. The van der Waals surface area contributed by atoms with E-state index in [0.717, 1.165) is 12.3 Å². The number of likely N-dealkylation sites (N-methyl/N-ethyl adjacent to an activating group) is 1. The number of amides is 1. The molecular weight excluding hydrogens is 455 g/mol. The van der Waals surface area contributed by atoms with Crippen molar-refractivity contribution >= 4 is 35.8 Å². The lowest BCUT2D eigenvalue weighted by Crippen LogP contribution is -2.49. The van der Waals surface area contributed by atoms with Gasteiger partial charge in [-0.05, 0) is 53.7 Å². The molecule has 0 saturated carbocycles. The number of aryl methyl sites for hydroxylation is 1. The molecule has 1 unspecified atom stereocenters. The Kier molecular flexibility index (Phi) is 11.4. The minimum atomic E-state index is -0.246. The normalized spacial score (nSPS) is 12.6. The number of ether oxygens (including phenoxy) is 1. The van der Waals surface area contributed by atoms with E-state index in [1.807, 2.05) is 77.8 Å². The van der Waals surface area contributed by atoms with E-state index in [2.05, 4.69) is 15.6 Å². The third-order valence-electron chi connectivity index (χ3n) is 3.45. The maximum absolute atomic E-state index is 12.1. The SMILES string of the molecule is CCNC(=NCC(C)Oc1ccc(C)cc1)N(C)CC(=O)NC(C)(C)C.I. The molecule has 0 aromatic heterocycles. The van der Waals surface area contributed by atoms with Crippen LogP contribution in [0, 0.1) is 6.92 Å². The van der Waals surface area contributed by atoms with Crippen molar-refractivity contribution in [2.45, 2.75) is 53.2 Å². The summed E-state index contributed by atoms with van der Waals surface area (Å²) in [5.41, 5.74) is 0.955. The number of halogens is 1. The van der Waals surface area contributed by atoms with Gasteiger partial charge in [0.2, 0.25) is 5.91 Å². The van der Waals surface area contributed by atoms with E-state index in [9.17, 15) is 4.79 Å². The molecule has 0 aliphatic carbocycles. The molecule has 1 rings (SSSR count). The molecule has 2 N–H and O–H groups in total. The standard InChI is InChI=1S/C20H34N4O2.HI/c1-8-21-19(24(7)14-18(25)23-20(4,5)6)22-13-16(3)26-17-11-9-15(2)10-12-17;/h9-12,16H,8,13-14H2,1-7H3,(H,21,22)(H,23,25);1H. The predicted molar refractivity (Wildman–Crippen MR) is 123 cm³/mol. The molecule has 0 bridgehead atoms. The van der Waals surface area contributed by atoms with Crippen LogP contribution < -0.4 is 15.4 Å². The number of carbonyl (C=O) groups is 1. The molecule has 27 heavy (non-hydrogen) atoms. The summed E-state index contributed by atoms with van der Waals surface area (Å²) in [4.78, 5) is 18.5. The minimum absolute atomic E-state index is 0. The highest BCUT2D eigenvalue weighted by atomic mass is 127. The number of hydrogen-bond acceptors (Lipinski definition) is 3. The van der Waals surface area contributed by atoms with Crippen LogP contribution in [0.5, 0.6) is 5.75 Å². The largest absolute Gasteiger partial charge is 0.489 e. The van der Waals surface area contributed by atoms with E-state index in [0.29, 0.717) is 12.5 Å². The first-order valence-electron chi connectivity index (χ1n) is 9.14. The van der Waals surface area contributed by atoms with Gasteiger partial charge in [-0.25, -0.2) is 4.99 Å². The highest BCUT2D eigenvalue weighted by Crippen LogP contribution is 2.13. The zero-order valence-electron chi connectivity index (χ0n) is 17.6. The smallest absolute Gasteiger partial charge is 0.240 e. The van der Waals surface area contributed by atoms with Gasteiger partial charge in [0, 0.05) is 19.1 Å². The molecule has 0 fully saturated rings. The Morgan fingerprint density at radius 3 is 2.37 bits per heavy atom. The molecule has 1 amide bonds. The van der Waals surface area contributed by atoms with Crippen molar-refractivity contribution in [3.05, 3.63) is 29.8 Å². The second-order valence-corrected chi connectivity index (χ2v) is 7.59.